The number of sulfonamides is 1. The lowest BCUT2D eigenvalue weighted by atomic mass is 10.1. The van der Waals surface area contributed by atoms with Crippen LogP contribution in [-0.4, -0.2) is 49.9 Å². The van der Waals surface area contributed by atoms with Crippen LogP contribution in [0.2, 0.25) is 0 Å². The van der Waals surface area contributed by atoms with Gasteiger partial charge in [0.25, 0.3) is 11.6 Å². The van der Waals surface area contributed by atoms with Crippen molar-refractivity contribution in [2.45, 2.75) is 18.4 Å². The highest BCUT2D eigenvalue weighted by atomic mass is 32.2. The number of nitrogens with one attached hydrogen (secondary N) is 1. The van der Waals surface area contributed by atoms with Gasteiger partial charge in [0.15, 0.2) is 0 Å². The number of benzene rings is 2. The Morgan fingerprint density at radius 3 is 2.55 bits per heavy atom. The van der Waals surface area contributed by atoms with Crippen molar-refractivity contribution in [2.24, 2.45) is 0 Å². The van der Waals surface area contributed by atoms with Gasteiger partial charge >= 0.3 is 0 Å². The SMILES string of the molecule is Cc1cc(C(=O)NCc2ccccc2S(=O)(=O)N2CCOCC2)ccc1[N+](=O)[O-]. The predicted octanol–water partition coefficient (Wildman–Crippen LogP) is 1.85. The Morgan fingerprint density at radius 1 is 1.21 bits per heavy atom. The first-order valence-electron chi connectivity index (χ1n) is 9.00. The second kappa shape index (κ2) is 8.68. The number of aryl methyl sites for hydroxylation is 1. The number of nitro benzene ring substituents is 1. The van der Waals surface area contributed by atoms with Crippen LogP contribution in [0.3, 0.4) is 0 Å². The summed E-state index contributed by atoms with van der Waals surface area (Å²) in [5.74, 6) is -0.443. The van der Waals surface area contributed by atoms with Crippen molar-refractivity contribution in [3.05, 3.63) is 69.3 Å². The van der Waals surface area contributed by atoms with Gasteiger partial charge < -0.3 is 10.1 Å². The Morgan fingerprint density at radius 2 is 1.90 bits per heavy atom. The van der Waals surface area contributed by atoms with E-state index in [1.807, 2.05) is 0 Å². The predicted molar refractivity (Wildman–Crippen MR) is 105 cm³/mol. The Labute approximate surface area is 168 Å². The maximum Gasteiger partial charge on any atom is 0.272 e. The molecule has 0 spiro atoms. The highest BCUT2D eigenvalue weighted by Crippen LogP contribution is 2.22. The zero-order valence-corrected chi connectivity index (χ0v) is 16.6. The number of amides is 1. The number of nitrogens with zero attached hydrogens (tertiary/aromatic N) is 2. The van der Waals surface area contributed by atoms with Crippen molar-refractivity contribution in [2.75, 3.05) is 26.3 Å². The Balaban J connectivity index is 1.77. The summed E-state index contributed by atoms with van der Waals surface area (Å²) in [4.78, 5) is 23.0. The van der Waals surface area contributed by atoms with Gasteiger partial charge in [-0.2, -0.15) is 4.31 Å². The van der Waals surface area contributed by atoms with Crippen LogP contribution in [0.1, 0.15) is 21.5 Å². The van der Waals surface area contributed by atoms with E-state index in [1.54, 1.807) is 25.1 Å². The fraction of sp³-hybridized carbons (Fsp3) is 0.316. The van der Waals surface area contributed by atoms with Crippen molar-refractivity contribution >= 4 is 21.6 Å². The van der Waals surface area contributed by atoms with Gasteiger partial charge in [-0.25, -0.2) is 8.42 Å². The van der Waals surface area contributed by atoms with Crippen LogP contribution >= 0.6 is 0 Å². The molecule has 29 heavy (non-hydrogen) atoms. The van der Waals surface area contributed by atoms with Gasteiger partial charge in [0, 0.05) is 36.8 Å². The van der Waals surface area contributed by atoms with Crippen LogP contribution in [0.25, 0.3) is 0 Å². The first-order valence-corrected chi connectivity index (χ1v) is 10.4. The van der Waals surface area contributed by atoms with Crippen molar-refractivity contribution in [3.8, 4) is 0 Å². The van der Waals surface area contributed by atoms with E-state index in [0.29, 0.717) is 24.3 Å². The van der Waals surface area contributed by atoms with Gasteiger partial charge in [0.05, 0.1) is 23.0 Å². The zero-order chi connectivity index (χ0) is 21.0. The monoisotopic (exact) mass is 419 g/mol. The molecule has 0 radical (unpaired) electrons. The molecule has 0 aromatic heterocycles. The molecule has 0 atom stereocenters. The number of rotatable bonds is 6. The smallest absolute Gasteiger partial charge is 0.272 e. The first kappa shape index (κ1) is 20.9. The zero-order valence-electron chi connectivity index (χ0n) is 15.8. The maximum atomic E-state index is 13.0. The van der Waals surface area contributed by atoms with Crippen LogP contribution in [0.15, 0.2) is 47.4 Å². The first-order chi connectivity index (χ1) is 13.8. The minimum Gasteiger partial charge on any atom is -0.379 e. The number of ether oxygens (including phenoxy) is 1. The number of carbonyl (C=O) groups is 1. The summed E-state index contributed by atoms with van der Waals surface area (Å²) >= 11 is 0. The summed E-state index contributed by atoms with van der Waals surface area (Å²) in [6.07, 6.45) is 0. The fourth-order valence-corrected chi connectivity index (χ4v) is 4.74. The van der Waals surface area contributed by atoms with Gasteiger partial charge in [0.2, 0.25) is 10.0 Å². The molecule has 154 valence electrons. The molecule has 1 aliphatic heterocycles. The van der Waals surface area contributed by atoms with Gasteiger partial charge in [0.1, 0.15) is 0 Å². The molecule has 2 aromatic carbocycles. The minimum absolute atomic E-state index is 0.00854. The number of carbonyl (C=O) groups excluding carboxylic acids is 1. The molecule has 1 saturated heterocycles. The molecule has 10 heteroatoms. The third-order valence-electron chi connectivity index (χ3n) is 4.66. The van der Waals surface area contributed by atoms with Crippen LogP contribution in [0, 0.1) is 17.0 Å². The number of hydrogen-bond donors (Lipinski definition) is 1. The van der Waals surface area contributed by atoms with E-state index in [4.69, 9.17) is 4.74 Å². The van der Waals surface area contributed by atoms with E-state index in [9.17, 15) is 23.3 Å². The van der Waals surface area contributed by atoms with Crippen LogP contribution in [0.4, 0.5) is 5.69 Å². The topological polar surface area (TPSA) is 119 Å². The normalized spacial score (nSPS) is 15.1. The van der Waals surface area contributed by atoms with Gasteiger partial charge in [-0.05, 0) is 30.7 Å². The highest BCUT2D eigenvalue weighted by molar-refractivity contribution is 7.89. The number of nitro groups is 1. The molecule has 1 fully saturated rings. The molecule has 1 aliphatic rings. The lowest BCUT2D eigenvalue weighted by molar-refractivity contribution is -0.385. The van der Waals surface area contributed by atoms with E-state index < -0.39 is 20.9 Å². The minimum atomic E-state index is -3.70. The molecular formula is C19H21N3O6S. The largest absolute Gasteiger partial charge is 0.379 e. The average molecular weight is 419 g/mol. The molecule has 9 nitrogen and oxygen atoms in total. The van der Waals surface area contributed by atoms with Gasteiger partial charge in [-0.3, -0.25) is 14.9 Å². The molecule has 1 N–H and O–H groups in total. The van der Waals surface area contributed by atoms with Crippen molar-refractivity contribution < 1.29 is 22.9 Å². The Bertz CT molecular complexity index is 1030. The van der Waals surface area contributed by atoms with E-state index >= 15 is 0 Å². The molecule has 3 rings (SSSR count). The second-order valence-electron chi connectivity index (χ2n) is 6.57. The van der Waals surface area contributed by atoms with Crippen molar-refractivity contribution in [1.82, 2.24) is 9.62 Å². The summed E-state index contributed by atoms with van der Waals surface area (Å²) in [5, 5.41) is 13.6. The van der Waals surface area contributed by atoms with Crippen molar-refractivity contribution in [1.29, 1.82) is 0 Å². The van der Waals surface area contributed by atoms with E-state index in [1.165, 1.54) is 28.6 Å². The summed E-state index contributed by atoms with van der Waals surface area (Å²) in [6.45, 7) is 2.82. The average Bonchev–Trinajstić information content (AvgIpc) is 2.72. The molecule has 2 aromatic rings. The molecule has 0 unspecified atom stereocenters. The number of morpholine rings is 1. The molecule has 0 bridgehead atoms. The van der Waals surface area contributed by atoms with E-state index in [0.717, 1.165) is 0 Å². The van der Waals surface area contributed by atoms with Gasteiger partial charge in [-0.15, -0.1) is 0 Å². The number of hydrogen-bond acceptors (Lipinski definition) is 6. The van der Waals surface area contributed by atoms with Crippen LogP contribution < -0.4 is 5.32 Å². The van der Waals surface area contributed by atoms with Crippen LogP contribution in [0.5, 0.6) is 0 Å². The fourth-order valence-electron chi connectivity index (χ4n) is 3.11. The third-order valence-corrected chi connectivity index (χ3v) is 6.65. The standard InChI is InChI=1S/C19H21N3O6S/c1-14-12-15(6-7-17(14)22(24)25)19(23)20-13-16-4-2-3-5-18(16)29(26,27)21-8-10-28-11-9-21/h2-7,12H,8-11,13H2,1H3,(H,20,23). The lowest BCUT2D eigenvalue weighted by Gasteiger charge is -2.27. The lowest BCUT2D eigenvalue weighted by Crippen LogP contribution is -2.41. The van der Waals surface area contributed by atoms with Crippen LogP contribution in [-0.2, 0) is 21.3 Å². The molecule has 0 aliphatic carbocycles. The van der Waals surface area contributed by atoms with E-state index in [-0.39, 0.29) is 35.8 Å². The quantitative estimate of drug-likeness (QED) is 0.564. The highest BCUT2D eigenvalue weighted by Gasteiger charge is 2.28. The molecule has 1 amide bonds. The summed E-state index contributed by atoms with van der Waals surface area (Å²) in [6, 6.07) is 10.6. The summed E-state index contributed by atoms with van der Waals surface area (Å²) in [7, 11) is -3.70. The molecule has 0 saturated carbocycles. The van der Waals surface area contributed by atoms with Crippen molar-refractivity contribution in [3.63, 3.8) is 0 Å². The summed E-state index contributed by atoms with van der Waals surface area (Å²) < 4.78 is 32.5. The maximum absolute atomic E-state index is 13.0. The molecular weight excluding hydrogens is 398 g/mol. The Hall–Kier alpha value is -2.82. The third kappa shape index (κ3) is 4.61. The summed E-state index contributed by atoms with van der Waals surface area (Å²) in [5.41, 5.74) is 1.04. The van der Waals surface area contributed by atoms with Gasteiger partial charge in [-0.1, -0.05) is 18.2 Å². The second-order valence-corrected chi connectivity index (χ2v) is 8.47. The van der Waals surface area contributed by atoms with E-state index in [2.05, 4.69) is 5.32 Å². The Kier molecular flexibility index (Phi) is 6.26. The molecule has 1 heterocycles.